The number of benzene rings is 2. The zero-order valence-corrected chi connectivity index (χ0v) is 26.9. The van der Waals surface area contributed by atoms with E-state index in [4.69, 9.17) is 4.74 Å². The van der Waals surface area contributed by atoms with Crippen LogP contribution in [0.4, 0.5) is 13.2 Å². The highest BCUT2D eigenvalue weighted by Crippen LogP contribution is 2.39. The third-order valence-corrected chi connectivity index (χ3v) is 11.4. The Balaban J connectivity index is 1.15. The Morgan fingerprint density at radius 1 is 0.867 bits per heavy atom. The molecule has 3 fully saturated rings. The van der Waals surface area contributed by atoms with Gasteiger partial charge in [0.15, 0.2) is 0 Å². The monoisotopic (exact) mass is 646 g/mol. The van der Waals surface area contributed by atoms with Crippen molar-refractivity contribution >= 4 is 26.8 Å². The van der Waals surface area contributed by atoms with Gasteiger partial charge in [-0.25, -0.2) is 8.42 Å². The van der Waals surface area contributed by atoms with Crippen molar-refractivity contribution in [1.29, 1.82) is 0 Å². The zero-order valence-electron chi connectivity index (χ0n) is 26.1. The van der Waals surface area contributed by atoms with Crippen LogP contribution in [-0.4, -0.2) is 83.4 Å². The van der Waals surface area contributed by atoms with Gasteiger partial charge in [0.05, 0.1) is 10.5 Å². The van der Waals surface area contributed by atoms with Gasteiger partial charge in [-0.1, -0.05) is 0 Å². The van der Waals surface area contributed by atoms with Crippen molar-refractivity contribution in [2.24, 2.45) is 0 Å². The fraction of sp³-hybridized carbons (Fsp3) is 0.545. The number of hydrogen-bond acceptors (Lipinski definition) is 5. The van der Waals surface area contributed by atoms with E-state index in [9.17, 15) is 26.4 Å². The van der Waals surface area contributed by atoms with E-state index >= 15 is 0 Å². The van der Waals surface area contributed by atoms with Crippen LogP contribution in [0.3, 0.4) is 0 Å². The topological polar surface area (TPSA) is 75.1 Å². The number of halogens is 3. The third kappa shape index (κ3) is 6.08. The SMILES string of the molecule is CC(C)N1C2CCC1CC(Oc1ccc3c(c1)cc(C(=O)N1CCN(S(=O)(=O)c4ccc(C(F)(F)F)cc4)CC1)n3C(C)C)C2. The van der Waals surface area contributed by atoms with Gasteiger partial charge in [-0.05, 0) is 102 Å². The Kier molecular flexibility index (Phi) is 8.45. The number of aromatic nitrogens is 1. The Bertz CT molecular complexity index is 1650. The first-order valence-corrected chi connectivity index (χ1v) is 17.2. The largest absolute Gasteiger partial charge is 0.490 e. The molecule has 2 bridgehead atoms. The highest BCUT2D eigenvalue weighted by molar-refractivity contribution is 7.89. The molecule has 1 aromatic heterocycles. The average Bonchev–Trinajstić information content (AvgIpc) is 3.51. The number of piperazine rings is 1. The zero-order chi connectivity index (χ0) is 32.3. The van der Waals surface area contributed by atoms with Gasteiger partial charge in [0.1, 0.15) is 17.5 Å². The standard InChI is InChI=1S/C33H41F3N4O4S/c1-21(2)39-25-7-8-26(39)20-28(19-25)44-27-9-12-30-23(17-27)18-31(40(30)22(3)4)32(41)37-13-15-38(16-14-37)45(42,43)29-10-5-24(6-11-29)33(34,35)36/h5-6,9-12,17-18,21-22,25-26,28H,7-8,13-16,19-20H2,1-4H3. The van der Waals surface area contributed by atoms with E-state index in [1.54, 1.807) is 4.90 Å². The van der Waals surface area contributed by atoms with Crippen molar-refractivity contribution in [3.63, 3.8) is 0 Å². The summed E-state index contributed by atoms with van der Waals surface area (Å²) in [6.45, 7) is 9.02. The molecule has 2 aromatic carbocycles. The summed E-state index contributed by atoms with van der Waals surface area (Å²) in [5.41, 5.74) is 0.549. The summed E-state index contributed by atoms with van der Waals surface area (Å²) in [6.07, 6.45) is 0.0954. The molecular formula is C33H41F3N4O4S. The summed E-state index contributed by atoms with van der Waals surface area (Å²) in [7, 11) is -4.00. The van der Waals surface area contributed by atoms with Gasteiger partial charge in [-0.15, -0.1) is 0 Å². The minimum atomic E-state index is -4.55. The molecule has 3 aliphatic heterocycles. The molecular weight excluding hydrogens is 605 g/mol. The van der Waals surface area contributed by atoms with E-state index < -0.39 is 21.8 Å². The molecule has 1 amide bonds. The van der Waals surface area contributed by atoms with Crippen LogP contribution >= 0.6 is 0 Å². The first kappa shape index (κ1) is 31.9. The minimum Gasteiger partial charge on any atom is -0.490 e. The van der Waals surface area contributed by atoms with Crippen molar-refractivity contribution in [2.75, 3.05) is 26.2 Å². The van der Waals surface area contributed by atoms with Crippen LogP contribution in [0.15, 0.2) is 53.4 Å². The number of alkyl halides is 3. The summed E-state index contributed by atoms with van der Waals surface area (Å²) in [6, 6.07) is 13.1. The molecule has 0 spiro atoms. The Labute approximate surface area is 262 Å². The Morgan fingerprint density at radius 2 is 1.49 bits per heavy atom. The van der Waals surface area contributed by atoms with Crippen LogP contribution in [0.5, 0.6) is 5.75 Å². The number of sulfonamides is 1. The molecule has 3 aromatic rings. The second-order valence-electron chi connectivity index (χ2n) is 13.1. The molecule has 6 rings (SSSR count). The van der Waals surface area contributed by atoms with Gasteiger partial charge in [0, 0.05) is 61.2 Å². The van der Waals surface area contributed by atoms with Gasteiger partial charge >= 0.3 is 6.18 Å². The predicted octanol–water partition coefficient (Wildman–Crippen LogP) is 6.17. The van der Waals surface area contributed by atoms with E-state index in [0.29, 0.717) is 23.8 Å². The summed E-state index contributed by atoms with van der Waals surface area (Å²) in [5.74, 6) is 0.610. The second kappa shape index (κ2) is 11.9. The lowest BCUT2D eigenvalue weighted by atomic mass is 9.98. The minimum absolute atomic E-state index is 0.00513. The molecule has 2 atom stereocenters. The second-order valence-corrected chi connectivity index (χ2v) is 15.0. The third-order valence-electron chi connectivity index (χ3n) is 9.54. The molecule has 0 saturated carbocycles. The van der Waals surface area contributed by atoms with Crippen molar-refractivity contribution in [1.82, 2.24) is 18.7 Å². The van der Waals surface area contributed by atoms with Crippen molar-refractivity contribution in [3.8, 4) is 5.75 Å². The summed E-state index contributed by atoms with van der Waals surface area (Å²) >= 11 is 0. The van der Waals surface area contributed by atoms with Gasteiger partial charge in [-0.2, -0.15) is 17.5 Å². The van der Waals surface area contributed by atoms with Crippen molar-refractivity contribution < 1.29 is 31.1 Å². The van der Waals surface area contributed by atoms with Crippen molar-refractivity contribution in [2.45, 2.75) is 94.7 Å². The number of carbonyl (C=O) groups excluding carboxylic acids is 1. The fourth-order valence-electron chi connectivity index (χ4n) is 7.56. The van der Waals surface area contributed by atoms with Gasteiger partial charge in [-0.3, -0.25) is 9.69 Å². The van der Waals surface area contributed by atoms with Crippen LogP contribution in [0.1, 0.15) is 75.5 Å². The quantitative estimate of drug-likeness (QED) is 0.307. The van der Waals surface area contributed by atoms with Crippen LogP contribution in [0.2, 0.25) is 0 Å². The molecule has 0 N–H and O–H groups in total. The van der Waals surface area contributed by atoms with Crippen LogP contribution in [-0.2, 0) is 16.2 Å². The van der Waals surface area contributed by atoms with E-state index in [2.05, 4.69) is 18.7 Å². The maximum atomic E-state index is 13.8. The van der Waals surface area contributed by atoms with Gasteiger partial charge < -0.3 is 14.2 Å². The van der Waals surface area contributed by atoms with Crippen LogP contribution < -0.4 is 4.74 Å². The molecule has 0 radical (unpaired) electrons. The molecule has 2 unspecified atom stereocenters. The molecule has 3 saturated heterocycles. The summed E-state index contributed by atoms with van der Waals surface area (Å²) in [4.78, 5) is 17.9. The molecule has 12 heteroatoms. The molecule has 45 heavy (non-hydrogen) atoms. The lowest BCUT2D eigenvalue weighted by molar-refractivity contribution is -0.137. The van der Waals surface area contributed by atoms with E-state index in [0.717, 1.165) is 53.8 Å². The van der Waals surface area contributed by atoms with Crippen LogP contribution in [0, 0.1) is 0 Å². The highest BCUT2D eigenvalue weighted by Gasteiger charge is 2.42. The lowest BCUT2D eigenvalue weighted by Crippen LogP contribution is -2.50. The van der Waals surface area contributed by atoms with Gasteiger partial charge in [0.2, 0.25) is 10.0 Å². The fourth-order valence-corrected chi connectivity index (χ4v) is 8.98. The van der Waals surface area contributed by atoms with Crippen molar-refractivity contribution in [3.05, 3.63) is 59.8 Å². The van der Waals surface area contributed by atoms with Gasteiger partial charge in [0.25, 0.3) is 5.91 Å². The maximum Gasteiger partial charge on any atom is 0.416 e. The molecule has 3 aliphatic rings. The predicted molar refractivity (Wildman–Crippen MR) is 166 cm³/mol. The number of hydrogen-bond donors (Lipinski definition) is 0. The molecule has 4 heterocycles. The number of nitrogens with zero attached hydrogens (tertiary/aromatic N) is 4. The molecule has 8 nitrogen and oxygen atoms in total. The number of carbonyl (C=O) groups is 1. The number of amides is 1. The van der Waals surface area contributed by atoms with E-state index in [1.165, 1.54) is 17.1 Å². The summed E-state index contributed by atoms with van der Waals surface area (Å²) < 4.78 is 74.9. The number of ether oxygens (including phenoxy) is 1. The van der Waals surface area contributed by atoms with E-state index in [-0.39, 0.29) is 49.1 Å². The first-order valence-electron chi connectivity index (χ1n) is 15.8. The van der Waals surface area contributed by atoms with E-state index in [1.807, 2.05) is 42.7 Å². The Hall–Kier alpha value is -3.09. The molecule has 244 valence electrons. The first-order chi connectivity index (χ1) is 21.2. The number of fused-ring (bicyclic) bond motifs is 3. The smallest absolute Gasteiger partial charge is 0.416 e. The van der Waals surface area contributed by atoms with Crippen LogP contribution in [0.25, 0.3) is 10.9 Å². The number of piperidine rings is 1. The normalized spacial score (nSPS) is 23.4. The Morgan fingerprint density at radius 3 is 2.04 bits per heavy atom. The number of rotatable bonds is 7. The summed E-state index contributed by atoms with van der Waals surface area (Å²) in [5, 5.41) is 0.913. The molecule has 0 aliphatic carbocycles. The highest BCUT2D eigenvalue weighted by atomic mass is 32.2. The average molecular weight is 647 g/mol. The lowest BCUT2D eigenvalue weighted by Gasteiger charge is -2.41. The maximum absolute atomic E-state index is 13.8.